The van der Waals surface area contributed by atoms with Crippen molar-refractivity contribution < 1.29 is 8.78 Å². The van der Waals surface area contributed by atoms with Crippen LogP contribution in [0.4, 0.5) is 14.6 Å². The van der Waals surface area contributed by atoms with Gasteiger partial charge in [0.1, 0.15) is 11.5 Å². The van der Waals surface area contributed by atoms with E-state index in [1.54, 1.807) is 23.0 Å². The van der Waals surface area contributed by atoms with Crippen LogP contribution in [0, 0.1) is 0 Å². The van der Waals surface area contributed by atoms with Crippen LogP contribution in [0.25, 0.3) is 5.95 Å². The number of aromatic nitrogens is 5. The zero-order valence-electron chi connectivity index (χ0n) is 17.8. The first-order valence-corrected chi connectivity index (χ1v) is 11.6. The van der Waals surface area contributed by atoms with Crippen LogP contribution in [0.5, 0.6) is 0 Å². The summed E-state index contributed by atoms with van der Waals surface area (Å²) in [5.74, 6) is 0.178. The van der Waals surface area contributed by atoms with Crippen LogP contribution in [0.2, 0.25) is 0 Å². The first-order valence-electron chi connectivity index (χ1n) is 10.5. The molecule has 0 aliphatic heterocycles. The minimum Gasteiger partial charge on any atom is -0.369 e. The van der Waals surface area contributed by atoms with Gasteiger partial charge >= 0.3 is 0 Å². The van der Waals surface area contributed by atoms with Crippen molar-refractivity contribution in [3.63, 3.8) is 0 Å². The molecule has 0 bridgehead atoms. The van der Waals surface area contributed by atoms with Crippen LogP contribution >= 0.6 is 18.5 Å². The lowest BCUT2D eigenvalue weighted by Crippen LogP contribution is -2.37. The van der Waals surface area contributed by atoms with E-state index in [9.17, 15) is 13.6 Å². The maximum atomic E-state index is 14.1. The quantitative estimate of drug-likeness (QED) is 0.501. The van der Waals surface area contributed by atoms with E-state index >= 15 is 0 Å². The van der Waals surface area contributed by atoms with Gasteiger partial charge in [-0.05, 0) is 31.4 Å². The van der Waals surface area contributed by atoms with E-state index in [1.165, 1.54) is 26.1 Å². The summed E-state index contributed by atoms with van der Waals surface area (Å²) in [6.07, 6.45) is 8.70. The summed E-state index contributed by atoms with van der Waals surface area (Å²) in [6, 6.07) is 4.64. The number of pyridine rings is 1. The second-order valence-corrected chi connectivity index (χ2v) is 10.2. The highest BCUT2D eigenvalue weighted by Crippen LogP contribution is 2.40. The molecule has 1 saturated carbocycles. The van der Waals surface area contributed by atoms with Gasteiger partial charge < -0.3 is 5.32 Å². The summed E-state index contributed by atoms with van der Waals surface area (Å²) in [4.78, 5) is 21.5. The highest BCUT2D eigenvalue weighted by Gasteiger charge is 2.33. The fourth-order valence-electron chi connectivity index (χ4n) is 3.60. The molecular weight excluding hydrogens is 452 g/mol. The Balaban J connectivity index is 1.68. The van der Waals surface area contributed by atoms with Crippen LogP contribution < -0.4 is 10.9 Å². The average molecular weight is 478 g/mol. The molecule has 3 heterocycles. The minimum absolute atomic E-state index is 0.0500. The second-order valence-electron chi connectivity index (χ2n) is 8.22. The third-order valence-electron chi connectivity index (χ3n) is 5.67. The van der Waals surface area contributed by atoms with Gasteiger partial charge in [0.2, 0.25) is 5.95 Å². The Morgan fingerprint density at radius 3 is 2.72 bits per heavy atom. The molecule has 170 valence electrons. The third kappa shape index (κ3) is 5.05. The summed E-state index contributed by atoms with van der Waals surface area (Å²) >= 11 is 0. The molecule has 0 radical (unpaired) electrons. The molecule has 11 heteroatoms. The summed E-state index contributed by atoms with van der Waals surface area (Å²) in [6.45, 7) is 3.30. The second kappa shape index (κ2) is 8.95. The SMILES string of the molecule is CCn1cc(Cc2cccn(-c3nc(NCC4(P)CCC4)cc(C(F)(F)P)n3)c2=O)cn1. The highest BCUT2D eigenvalue weighted by molar-refractivity contribution is 7.19. The fraction of sp³-hybridized carbons (Fsp3) is 0.429. The van der Waals surface area contributed by atoms with Gasteiger partial charge in [-0.15, -0.1) is 9.24 Å². The van der Waals surface area contributed by atoms with E-state index in [1.807, 2.05) is 13.1 Å². The number of nitrogens with zero attached hydrogens (tertiary/aromatic N) is 5. The van der Waals surface area contributed by atoms with Crippen LogP contribution in [0.1, 0.15) is 43.0 Å². The van der Waals surface area contributed by atoms with Gasteiger partial charge in [-0.2, -0.15) is 18.9 Å². The zero-order valence-corrected chi connectivity index (χ0v) is 20.1. The standard InChI is InChI=1S/C21H26F2N6OP2/c1-2-28-12-14(11-25-28)9-15-5-3-8-29(18(15)30)19-26-16(21(22,23)32)10-17(27-19)24-13-20(31)6-4-7-20/h3,5,8,10-12H,2,4,6-7,9,13,31-32H2,1H3,(H,24,26,27). The topological polar surface area (TPSA) is 77.6 Å². The van der Waals surface area contributed by atoms with E-state index in [0.717, 1.165) is 31.4 Å². The molecule has 32 heavy (non-hydrogen) atoms. The maximum Gasteiger partial charge on any atom is 0.300 e. The predicted octanol–water partition coefficient (Wildman–Crippen LogP) is 3.57. The molecule has 3 aromatic heterocycles. The Kier molecular flexibility index (Phi) is 6.42. The molecule has 1 aliphatic rings. The Morgan fingerprint density at radius 1 is 1.31 bits per heavy atom. The lowest BCUT2D eigenvalue weighted by molar-refractivity contribution is 0.0985. The van der Waals surface area contributed by atoms with E-state index in [0.29, 0.717) is 18.5 Å². The summed E-state index contributed by atoms with van der Waals surface area (Å²) in [5, 5.41) is 7.43. The molecule has 1 aliphatic carbocycles. The largest absolute Gasteiger partial charge is 0.369 e. The monoisotopic (exact) mass is 478 g/mol. The average Bonchev–Trinajstić information content (AvgIpc) is 3.19. The number of halogens is 2. The minimum atomic E-state index is -3.25. The number of aryl methyl sites for hydroxylation is 1. The Labute approximate surface area is 189 Å². The van der Waals surface area contributed by atoms with Crippen LogP contribution in [-0.4, -0.2) is 36.0 Å². The number of anilines is 1. The molecular formula is C21H26F2N6OP2. The molecule has 7 nitrogen and oxygen atoms in total. The molecule has 1 N–H and O–H groups in total. The van der Waals surface area contributed by atoms with E-state index in [-0.39, 0.29) is 22.5 Å². The molecule has 4 rings (SSSR count). The maximum absolute atomic E-state index is 14.1. The van der Waals surface area contributed by atoms with Crippen molar-refractivity contribution >= 4 is 24.3 Å². The summed E-state index contributed by atoms with van der Waals surface area (Å²) < 4.78 is 31.3. The van der Waals surface area contributed by atoms with Gasteiger partial charge in [0.25, 0.3) is 11.2 Å². The third-order valence-corrected chi connectivity index (χ3v) is 6.75. The first kappa shape index (κ1) is 22.9. The van der Waals surface area contributed by atoms with E-state index in [4.69, 9.17) is 0 Å². The van der Waals surface area contributed by atoms with Gasteiger partial charge in [-0.1, -0.05) is 21.7 Å². The molecule has 0 amide bonds. The first-order chi connectivity index (χ1) is 15.2. The lowest BCUT2D eigenvalue weighted by Gasteiger charge is -2.38. The Morgan fingerprint density at radius 2 is 2.09 bits per heavy atom. The van der Waals surface area contributed by atoms with Crippen molar-refractivity contribution in [2.45, 2.75) is 50.0 Å². The van der Waals surface area contributed by atoms with Gasteiger partial charge in [0, 0.05) is 48.7 Å². The van der Waals surface area contributed by atoms with Gasteiger partial charge in [-0.3, -0.25) is 14.0 Å². The molecule has 0 aromatic carbocycles. The number of hydrogen-bond donors (Lipinski definition) is 1. The molecule has 2 unspecified atom stereocenters. The van der Waals surface area contributed by atoms with Gasteiger partial charge in [0.05, 0.1) is 6.20 Å². The highest BCUT2D eigenvalue weighted by atomic mass is 31.0. The smallest absolute Gasteiger partial charge is 0.300 e. The predicted molar refractivity (Wildman–Crippen MR) is 127 cm³/mol. The van der Waals surface area contributed by atoms with Crippen LogP contribution in [0.3, 0.4) is 0 Å². The van der Waals surface area contributed by atoms with Gasteiger partial charge in [-0.25, -0.2) is 4.98 Å². The molecule has 2 atom stereocenters. The van der Waals surface area contributed by atoms with Crippen molar-refractivity contribution in [2.75, 3.05) is 11.9 Å². The summed E-state index contributed by atoms with van der Waals surface area (Å²) in [7, 11) is 4.33. The normalized spacial score (nSPS) is 15.4. The van der Waals surface area contributed by atoms with Crippen LogP contribution in [-0.2, 0) is 18.6 Å². The number of nitrogens with one attached hydrogen (secondary N) is 1. The summed E-state index contributed by atoms with van der Waals surface area (Å²) in [5.41, 5.74) is -2.68. The molecule has 0 spiro atoms. The van der Waals surface area contributed by atoms with Crippen molar-refractivity contribution in [1.82, 2.24) is 24.3 Å². The van der Waals surface area contributed by atoms with Crippen molar-refractivity contribution in [2.24, 2.45) is 0 Å². The molecule has 1 fully saturated rings. The van der Waals surface area contributed by atoms with Crippen molar-refractivity contribution in [3.8, 4) is 5.95 Å². The number of alkyl halides is 2. The number of hydrogen-bond acceptors (Lipinski definition) is 5. The fourth-order valence-corrected chi connectivity index (χ4v) is 4.26. The van der Waals surface area contributed by atoms with Crippen molar-refractivity contribution in [3.05, 3.63) is 64.0 Å². The zero-order chi connectivity index (χ0) is 22.9. The van der Waals surface area contributed by atoms with E-state index in [2.05, 4.69) is 29.6 Å². The number of rotatable bonds is 8. The van der Waals surface area contributed by atoms with Crippen molar-refractivity contribution in [1.29, 1.82) is 0 Å². The Hall–Kier alpha value is -2.24. The van der Waals surface area contributed by atoms with E-state index < -0.39 is 11.4 Å². The Bertz CT molecular complexity index is 1170. The molecule has 0 saturated heterocycles. The molecule has 3 aromatic rings. The van der Waals surface area contributed by atoms with Gasteiger partial charge in [0.15, 0.2) is 0 Å². The lowest BCUT2D eigenvalue weighted by atomic mass is 9.84. The van der Waals surface area contributed by atoms with Crippen LogP contribution in [0.15, 0.2) is 41.6 Å².